The Kier molecular flexibility index (Phi) is 4.85. The topological polar surface area (TPSA) is 67.3 Å². The highest BCUT2D eigenvalue weighted by molar-refractivity contribution is 5.79. The van der Waals surface area contributed by atoms with Gasteiger partial charge in [0.1, 0.15) is 11.9 Å². The summed E-state index contributed by atoms with van der Waals surface area (Å²) in [6, 6.07) is 6.26. The predicted octanol–water partition coefficient (Wildman–Crippen LogP) is 2.40. The molecule has 0 radical (unpaired) electrons. The van der Waals surface area contributed by atoms with Gasteiger partial charge >= 0.3 is 0 Å². The summed E-state index contributed by atoms with van der Waals surface area (Å²) in [7, 11) is 2.13. The van der Waals surface area contributed by atoms with E-state index in [1.807, 2.05) is 18.2 Å². The molecule has 0 spiro atoms. The second kappa shape index (κ2) is 6.45. The zero-order valence-electron chi connectivity index (χ0n) is 13.4. The molecular weight excluding hydrogens is 264 g/mol. The molecule has 2 unspecified atom stereocenters. The molecule has 1 aromatic carbocycles. The van der Waals surface area contributed by atoms with Crippen molar-refractivity contribution in [3.63, 3.8) is 0 Å². The van der Waals surface area contributed by atoms with E-state index >= 15 is 0 Å². The summed E-state index contributed by atoms with van der Waals surface area (Å²) in [4.78, 5) is 6.86. The zero-order valence-corrected chi connectivity index (χ0v) is 13.4. The maximum Gasteiger partial charge on any atom is 0.138 e. The number of fused-ring (bicyclic) bond motifs is 1. The number of hydrogen-bond donors (Lipinski definition) is 2. The normalized spacial score (nSPS) is 14.8. The van der Waals surface area contributed by atoms with Gasteiger partial charge in [0.25, 0.3) is 0 Å². The molecule has 5 heteroatoms. The molecule has 0 aliphatic carbocycles. The summed E-state index contributed by atoms with van der Waals surface area (Å²) < 4.78 is 2.10. The van der Waals surface area contributed by atoms with E-state index in [2.05, 4.69) is 35.3 Å². The van der Waals surface area contributed by atoms with Crippen LogP contribution in [0.5, 0.6) is 0 Å². The van der Waals surface area contributed by atoms with Crippen LogP contribution in [0.25, 0.3) is 11.0 Å². The maximum absolute atomic E-state index is 9.97. The molecule has 3 N–H and O–H groups in total. The standard InChI is InChI=1S/C16H26N4O/c1-5-11(2)19(4)8-9-20-15-7-6-13(17)10-14(15)18-16(20)12(3)21/h6-7,10-12,21H,5,8-9,17H2,1-4H3. The molecule has 0 amide bonds. The van der Waals surface area contributed by atoms with Gasteiger partial charge in [0.2, 0.25) is 0 Å². The van der Waals surface area contributed by atoms with E-state index in [0.29, 0.717) is 17.6 Å². The summed E-state index contributed by atoms with van der Waals surface area (Å²) in [6.07, 6.45) is 0.536. The van der Waals surface area contributed by atoms with Crippen LogP contribution in [0.2, 0.25) is 0 Å². The number of anilines is 1. The average molecular weight is 290 g/mol. The van der Waals surface area contributed by atoms with Crippen molar-refractivity contribution < 1.29 is 5.11 Å². The Balaban J connectivity index is 2.30. The summed E-state index contributed by atoms with van der Waals surface area (Å²) in [5, 5.41) is 9.97. The molecule has 0 fully saturated rings. The van der Waals surface area contributed by atoms with Crippen LogP contribution in [0.15, 0.2) is 18.2 Å². The van der Waals surface area contributed by atoms with Crippen LogP contribution < -0.4 is 5.73 Å². The van der Waals surface area contributed by atoms with E-state index in [4.69, 9.17) is 5.73 Å². The van der Waals surface area contributed by atoms with Crippen molar-refractivity contribution in [2.24, 2.45) is 0 Å². The van der Waals surface area contributed by atoms with Gasteiger partial charge in [-0.1, -0.05) is 6.92 Å². The van der Waals surface area contributed by atoms with Crippen LogP contribution in [-0.2, 0) is 6.54 Å². The zero-order chi connectivity index (χ0) is 15.6. The SMILES string of the molecule is CCC(C)N(C)CCn1c(C(C)O)nc2cc(N)ccc21. The maximum atomic E-state index is 9.97. The molecule has 2 rings (SSSR count). The fraction of sp³-hybridized carbons (Fsp3) is 0.562. The Morgan fingerprint density at radius 3 is 2.71 bits per heavy atom. The lowest BCUT2D eigenvalue weighted by atomic mass is 10.2. The molecule has 0 saturated carbocycles. The first-order valence-corrected chi connectivity index (χ1v) is 7.58. The minimum atomic E-state index is -0.590. The summed E-state index contributed by atoms with van der Waals surface area (Å²) >= 11 is 0. The molecule has 0 aliphatic rings. The molecule has 0 bridgehead atoms. The number of benzene rings is 1. The molecule has 116 valence electrons. The van der Waals surface area contributed by atoms with Gasteiger partial charge in [-0.25, -0.2) is 4.98 Å². The van der Waals surface area contributed by atoms with Crippen molar-refractivity contribution in [2.75, 3.05) is 19.3 Å². The lowest BCUT2D eigenvalue weighted by Gasteiger charge is -2.24. The number of hydrogen-bond acceptors (Lipinski definition) is 4. The number of aliphatic hydroxyl groups excluding tert-OH is 1. The molecule has 5 nitrogen and oxygen atoms in total. The highest BCUT2D eigenvalue weighted by Crippen LogP contribution is 2.22. The quantitative estimate of drug-likeness (QED) is 0.802. The number of nitrogens with two attached hydrogens (primary N) is 1. The number of nitrogens with zero attached hydrogens (tertiary/aromatic N) is 3. The molecular formula is C16H26N4O. The highest BCUT2D eigenvalue weighted by Gasteiger charge is 2.16. The number of rotatable bonds is 6. The molecule has 0 saturated heterocycles. The third kappa shape index (κ3) is 3.36. The smallest absolute Gasteiger partial charge is 0.138 e. The van der Waals surface area contributed by atoms with Gasteiger partial charge < -0.3 is 20.3 Å². The molecule has 21 heavy (non-hydrogen) atoms. The number of nitrogen functional groups attached to an aromatic ring is 1. The molecule has 1 heterocycles. The van der Waals surface area contributed by atoms with Gasteiger partial charge in [-0.05, 0) is 45.5 Å². The van der Waals surface area contributed by atoms with Gasteiger partial charge in [0, 0.05) is 24.8 Å². The van der Waals surface area contributed by atoms with Crippen molar-refractivity contribution in [3.05, 3.63) is 24.0 Å². The number of aliphatic hydroxyl groups is 1. The van der Waals surface area contributed by atoms with E-state index in [1.54, 1.807) is 6.92 Å². The van der Waals surface area contributed by atoms with Crippen molar-refractivity contribution in [1.82, 2.24) is 14.5 Å². The summed E-state index contributed by atoms with van der Waals surface area (Å²) in [5.74, 6) is 0.702. The van der Waals surface area contributed by atoms with Crippen LogP contribution in [0, 0.1) is 0 Å². The van der Waals surface area contributed by atoms with E-state index in [0.717, 1.165) is 30.5 Å². The van der Waals surface area contributed by atoms with Gasteiger partial charge in [0.15, 0.2) is 0 Å². The second-order valence-corrected chi connectivity index (χ2v) is 5.78. The summed E-state index contributed by atoms with van der Waals surface area (Å²) in [5.41, 5.74) is 8.38. The minimum Gasteiger partial charge on any atom is -0.399 e. The van der Waals surface area contributed by atoms with Gasteiger partial charge in [-0.3, -0.25) is 0 Å². The van der Waals surface area contributed by atoms with E-state index in [1.165, 1.54) is 0 Å². The number of aromatic nitrogens is 2. The van der Waals surface area contributed by atoms with Crippen LogP contribution in [-0.4, -0.2) is 39.2 Å². The van der Waals surface area contributed by atoms with Crippen molar-refractivity contribution in [2.45, 2.75) is 45.9 Å². The number of imidazole rings is 1. The monoisotopic (exact) mass is 290 g/mol. The van der Waals surface area contributed by atoms with Crippen molar-refractivity contribution in [1.29, 1.82) is 0 Å². The first kappa shape index (κ1) is 15.8. The Morgan fingerprint density at radius 2 is 2.10 bits per heavy atom. The second-order valence-electron chi connectivity index (χ2n) is 5.78. The van der Waals surface area contributed by atoms with Crippen LogP contribution >= 0.6 is 0 Å². The van der Waals surface area contributed by atoms with E-state index < -0.39 is 6.10 Å². The molecule has 2 atom stereocenters. The average Bonchev–Trinajstić information content (AvgIpc) is 2.81. The third-order valence-electron chi connectivity index (χ3n) is 4.20. The first-order chi connectivity index (χ1) is 9.93. The Morgan fingerprint density at radius 1 is 1.38 bits per heavy atom. The van der Waals surface area contributed by atoms with Crippen LogP contribution in [0.4, 0.5) is 5.69 Å². The van der Waals surface area contributed by atoms with Gasteiger partial charge in [-0.15, -0.1) is 0 Å². The van der Waals surface area contributed by atoms with Crippen molar-refractivity contribution >= 4 is 16.7 Å². The molecule has 1 aromatic heterocycles. The van der Waals surface area contributed by atoms with Gasteiger partial charge in [-0.2, -0.15) is 0 Å². The van der Waals surface area contributed by atoms with Crippen molar-refractivity contribution in [3.8, 4) is 0 Å². The van der Waals surface area contributed by atoms with Gasteiger partial charge in [0.05, 0.1) is 11.0 Å². The minimum absolute atomic E-state index is 0.547. The summed E-state index contributed by atoms with van der Waals surface area (Å²) in [6.45, 7) is 7.89. The molecule has 0 aliphatic heterocycles. The Bertz CT molecular complexity index is 606. The third-order valence-corrected chi connectivity index (χ3v) is 4.20. The fourth-order valence-electron chi connectivity index (χ4n) is 2.51. The lowest BCUT2D eigenvalue weighted by molar-refractivity contribution is 0.180. The Hall–Kier alpha value is -1.59. The lowest BCUT2D eigenvalue weighted by Crippen LogP contribution is -2.31. The highest BCUT2D eigenvalue weighted by atomic mass is 16.3. The predicted molar refractivity (Wildman–Crippen MR) is 87.2 cm³/mol. The van der Waals surface area contributed by atoms with Crippen LogP contribution in [0.1, 0.15) is 39.1 Å². The first-order valence-electron chi connectivity index (χ1n) is 7.58. The van der Waals surface area contributed by atoms with E-state index in [9.17, 15) is 5.11 Å². The van der Waals surface area contributed by atoms with Crippen LogP contribution in [0.3, 0.4) is 0 Å². The molecule has 2 aromatic rings. The largest absolute Gasteiger partial charge is 0.399 e. The number of likely N-dealkylation sites (N-methyl/N-ethyl adjacent to an activating group) is 1. The van der Waals surface area contributed by atoms with E-state index in [-0.39, 0.29) is 0 Å². The Labute approximate surface area is 126 Å². The fourth-order valence-corrected chi connectivity index (χ4v) is 2.51.